The first kappa shape index (κ1) is 14.6. The normalized spacial score (nSPS) is 11.4. The van der Waals surface area contributed by atoms with Crippen LogP contribution >= 0.6 is 0 Å². The Morgan fingerprint density at radius 1 is 1.44 bits per heavy atom. The first-order chi connectivity index (χ1) is 8.52. The monoisotopic (exact) mass is 270 g/mol. The van der Waals surface area contributed by atoms with Crippen LogP contribution in [-0.2, 0) is 10.0 Å². The maximum absolute atomic E-state index is 13.1. The minimum atomic E-state index is -3.79. The molecule has 1 rings (SSSR count). The lowest BCUT2D eigenvalue weighted by atomic mass is 10.3. The molecule has 0 unspecified atom stereocenters. The van der Waals surface area contributed by atoms with Gasteiger partial charge in [-0.1, -0.05) is 19.4 Å². The van der Waals surface area contributed by atoms with Gasteiger partial charge in [0.25, 0.3) is 0 Å². The summed E-state index contributed by atoms with van der Waals surface area (Å²) in [5, 5.41) is 8.67. The van der Waals surface area contributed by atoms with Crippen molar-refractivity contribution >= 4 is 10.0 Å². The minimum Gasteiger partial charge on any atom is -0.207 e. The van der Waals surface area contributed by atoms with E-state index in [0.717, 1.165) is 16.8 Å². The van der Waals surface area contributed by atoms with E-state index in [0.29, 0.717) is 6.42 Å². The Bertz CT molecular complexity index is 537. The Morgan fingerprint density at radius 3 is 2.72 bits per heavy atom. The maximum atomic E-state index is 13.1. The number of nitriles is 1. The number of sulfonamides is 1. The van der Waals surface area contributed by atoms with Gasteiger partial charge in [0.1, 0.15) is 12.4 Å². The van der Waals surface area contributed by atoms with Crippen LogP contribution in [-0.4, -0.2) is 25.8 Å². The summed E-state index contributed by atoms with van der Waals surface area (Å²) >= 11 is 0. The molecule has 0 amide bonds. The van der Waals surface area contributed by atoms with E-state index in [9.17, 15) is 12.8 Å². The van der Waals surface area contributed by atoms with Gasteiger partial charge in [0.2, 0.25) is 10.0 Å². The number of hydrogen-bond donors (Lipinski definition) is 0. The minimum absolute atomic E-state index is 0.117. The summed E-state index contributed by atoms with van der Waals surface area (Å²) in [4.78, 5) is -0.117. The van der Waals surface area contributed by atoms with Crippen LogP contribution in [0, 0.1) is 17.1 Å². The highest BCUT2D eigenvalue weighted by Gasteiger charge is 2.23. The van der Waals surface area contributed by atoms with Crippen molar-refractivity contribution in [2.24, 2.45) is 0 Å². The van der Waals surface area contributed by atoms with E-state index in [1.165, 1.54) is 18.2 Å². The number of halogens is 1. The van der Waals surface area contributed by atoms with Crippen LogP contribution in [0.1, 0.15) is 19.8 Å². The zero-order valence-electron chi connectivity index (χ0n) is 10.1. The quantitative estimate of drug-likeness (QED) is 0.744. The number of nitrogens with zero attached hydrogens (tertiary/aromatic N) is 2. The summed E-state index contributed by atoms with van der Waals surface area (Å²) < 4.78 is 38.5. The molecule has 0 N–H and O–H groups in total. The smallest absolute Gasteiger partial charge is 0.207 e. The van der Waals surface area contributed by atoms with Gasteiger partial charge in [0, 0.05) is 6.54 Å². The Labute approximate surface area is 107 Å². The number of benzene rings is 1. The van der Waals surface area contributed by atoms with Crippen molar-refractivity contribution in [3.63, 3.8) is 0 Å². The van der Waals surface area contributed by atoms with Crippen molar-refractivity contribution in [3.05, 3.63) is 30.1 Å². The summed E-state index contributed by atoms with van der Waals surface area (Å²) in [5.41, 5.74) is 0. The molecule has 0 radical (unpaired) electrons. The molecule has 0 atom stereocenters. The molecule has 0 bridgehead atoms. The van der Waals surface area contributed by atoms with Gasteiger partial charge < -0.3 is 0 Å². The topological polar surface area (TPSA) is 61.2 Å². The average Bonchev–Trinajstić information content (AvgIpc) is 2.34. The molecule has 0 aliphatic heterocycles. The van der Waals surface area contributed by atoms with Crippen LogP contribution in [0.15, 0.2) is 29.2 Å². The maximum Gasteiger partial charge on any atom is 0.244 e. The van der Waals surface area contributed by atoms with Crippen LogP contribution in [0.2, 0.25) is 0 Å². The lowest BCUT2D eigenvalue weighted by Crippen LogP contribution is -2.32. The fourth-order valence-corrected chi connectivity index (χ4v) is 2.88. The number of unbranched alkanes of at least 4 members (excludes halogenated alkanes) is 1. The molecule has 0 saturated heterocycles. The van der Waals surface area contributed by atoms with Gasteiger partial charge in [0.05, 0.1) is 11.0 Å². The van der Waals surface area contributed by atoms with Crippen molar-refractivity contribution in [2.45, 2.75) is 24.7 Å². The standard InChI is InChI=1S/C12H15FN2O2S/c1-2-3-8-15(9-7-14)18(16,17)12-6-4-5-11(13)10-12/h4-6,10H,2-3,8-9H2,1H3. The van der Waals surface area contributed by atoms with E-state index in [-0.39, 0.29) is 18.0 Å². The molecule has 0 aliphatic carbocycles. The van der Waals surface area contributed by atoms with Gasteiger partial charge in [0.15, 0.2) is 0 Å². The Hall–Kier alpha value is -1.45. The molecule has 0 heterocycles. The first-order valence-electron chi connectivity index (χ1n) is 5.65. The van der Waals surface area contributed by atoms with E-state index >= 15 is 0 Å². The Kier molecular flexibility index (Phi) is 5.25. The van der Waals surface area contributed by atoms with Crippen molar-refractivity contribution < 1.29 is 12.8 Å². The van der Waals surface area contributed by atoms with E-state index < -0.39 is 15.8 Å². The second-order valence-electron chi connectivity index (χ2n) is 3.81. The molecule has 0 fully saturated rings. The summed E-state index contributed by atoms with van der Waals surface area (Å²) in [6.07, 6.45) is 1.48. The highest BCUT2D eigenvalue weighted by molar-refractivity contribution is 7.89. The van der Waals surface area contributed by atoms with Crippen LogP contribution in [0.3, 0.4) is 0 Å². The van der Waals surface area contributed by atoms with Gasteiger partial charge in [-0.3, -0.25) is 0 Å². The molecule has 0 spiro atoms. The van der Waals surface area contributed by atoms with E-state index in [2.05, 4.69) is 0 Å². The fourth-order valence-electron chi connectivity index (χ4n) is 1.47. The average molecular weight is 270 g/mol. The third-order valence-electron chi connectivity index (χ3n) is 2.44. The van der Waals surface area contributed by atoms with Crippen LogP contribution in [0.25, 0.3) is 0 Å². The Morgan fingerprint density at radius 2 is 2.17 bits per heavy atom. The molecule has 0 aliphatic rings. The zero-order valence-corrected chi connectivity index (χ0v) is 11.0. The van der Waals surface area contributed by atoms with Crippen LogP contribution in [0.4, 0.5) is 4.39 Å². The third kappa shape index (κ3) is 3.52. The van der Waals surface area contributed by atoms with Crippen LogP contribution in [0.5, 0.6) is 0 Å². The Balaban J connectivity index is 3.05. The zero-order chi connectivity index (χ0) is 13.6. The van der Waals surface area contributed by atoms with Crippen molar-refractivity contribution in [1.82, 2.24) is 4.31 Å². The molecule has 1 aromatic carbocycles. The molecular weight excluding hydrogens is 255 g/mol. The summed E-state index contributed by atoms with van der Waals surface area (Å²) in [7, 11) is -3.79. The van der Waals surface area contributed by atoms with E-state index in [1.807, 2.05) is 13.0 Å². The summed E-state index contributed by atoms with van der Waals surface area (Å²) in [6, 6.07) is 6.63. The SMILES string of the molecule is CCCCN(CC#N)S(=O)(=O)c1cccc(F)c1. The second-order valence-corrected chi connectivity index (χ2v) is 5.75. The molecule has 98 valence electrons. The first-order valence-corrected chi connectivity index (χ1v) is 7.09. The molecule has 18 heavy (non-hydrogen) atoms. The molecule has 0 aromatic heterocycles. The molecule has 1 aromatic rings. The van der Waals surface area contributed by atoms with Crippen molar-refractivity contribution in [2.75, 3.05) is 13.1 Å². The van der Waals surface area contributed by atoms with E-state index in [1.54, 1.807) is 0 Å². The molecular formula is C12H15FN2O2S. The summed E-state index contributed by atoms with van der Waals surface area (Å²) in [6.45, 7) is 1.97. The largest absolute Gasteiger partial charge is 0.244 e. The molecule has 0 saturated carbocycles. The predicted octanol–water partition coefficient (Wildman–Crippen LogP) is 2.14. The highest BCUT2D eigenvalue weighted by atomic mass is 32.2. The lowest BCUT2D eigenvalue weighted by Gasteiger charge is -2.18. The van der Waals surface area contributed by atoms with Gasteiger partial charge in [-0.2, -0.15) is 9.57 Å². The van der Waals surface area contributed by atoms with Crippen LogP contribution < -0.4 is 0 Å². The van der Waals surface area contributed by atoms with E-state index in [4.69, 9.17) is 5.26 Å². The van der Waals surface area contributed by atoms with Gasteiger partial charge in [-0.25, -0.2) is 12.8 Å². The summed E-state index contributed by atoms with van der Waals surface area (Å²) in [5.74, 6) is -0.608. The highest BCUT2D eigenvalue weighted by Crippen LogP contribution is 2.17. The van der Waals surface area contributed by atoms with Crippen molar-refractivity contribution in [3.8, 4) is 6.07 Å². The van der Waals surface area contributed by atoms with Gasteiger partial charge in [-0.15, -0.1) is 0 Å². The molecule has 6 heteroatoms. The number of hydrogen-bond acceptors (Lipinski definition) is 3. The predicted molar refractivity (Wildman–Crippen MR) is 65.7 cm³/mol. The lowest BCUT2D eigenvalue weighted by molar-refractivity contribution is 0.435. The second kappa shape index (κ2) is 6.47. The van der Waals surface area contributed by atoms with Gasteiger partial charge in [-0.05, 0) is 24.6 Å². The van der Waals surface area contributed by atoms with Gasteiger partial charge >= 0.3 is 0 Å². The van der Waals surface area contributed by atoms with Crippen molar-refractivity contribution in [1.29, 1.82) is 5.26 Å². The molecule has 4 nitrogen and oxygen atoms in total. The fraction of sp³-hybridized carbons (Fsp3) is 0.417. The number of rotatable bonds is 6. The third-order valence-corrected chi connectivity index (χ3v) is 4.28.